The molecule has 0 saturated carbocycles. The molecule has 14 heavy (non-hydrogen) atoms. The van der Waals surface area contributed by atoms with E-state index < -0.39 is 5.92 Å². The van der Waals surface area contributed by atoms with E-state index in [1.807, 2.05) is 6.92 Å². The van der Waals surface area contributed by atoms with Crippen molar-refractivity contribution in [2.75, 3.05) is 13.2 Å². The van der Waals surface area contributed by atoms with Gasteiger partial charge in [-0.3, -0.25) is 9.59 Å². The van der Waals surface area contributed by atoms with Crippen molar-refractivity contribution in [3.05, 3.63) is 0 Å². The molecule has 0 aromatic carbocycles. The van der Waals surface area contributed by atoms with Crippen LogP contribution in [0, 0.1) is 5.92 Å². The van der Waals surface area contributed by atoms with Crippen molar-refractivity contribution >= 4 is 11.6 Å². The highest BCUT2D eigenvalue weighted by molar-refractivity contribution is 6.01. The summed E-state index contributed by atoms with van der Waals surface area (Å²) in [5.74, 6) is -0.738. The van der Waals surface area contributed by atoms with E-state index >= 15 is 0 Å². The molecule has 2 atom stereocenters. The molecule has 4 nitrogen and oxygen atoms in total. The van der Waals surface area contributed by atoms with Crippen LogP contribution in [-0.2, 0) is 14.3 Å². The molecule has 2 unspecified atom stereocenters. The molecule has 1 saturated heterocycles. The van der Waals surface area contributed by atoms with Gasteiger partial charge in [-0.25, -0.2) is 0 Å². The van der Waals surface area contributed by atoms with Gasteiger partial charge in [0.15, 0.2) is 0 Å². The Bertz CT molecular complexity index is 226. The van der Waals surface area contributed by atoms with E-state index in [-0.39, 0.29) is 23.7 Å². The minimum absolute atomic E-state index is 0.0901. The third-order valence-electron chi connectivity index (χ3n) is 2.44. The van der Waals surface area contributed by atoms with E-state index in [0.717, 1.165) is 0 Å². The topological polar surface area (TPSA) is 55.4 Å². The van der Waals surface area contributed by atoms with Crippen molar-refractivity contribution in [3.63, 3.8) is 0 Å². The molecule has 0 aromatic rings. The predicted octanol–water partition coefficient (Wildman–Crippen LogP) is 0.157. The molecular formula is C10H17NO3. The minimum atomic E-state index is -0.558. The van der Waals surface area contributed by atoms with Gasteiger partial charge in [-0.15, -0.1) is 0 Å². The molecule has 0 radical (unpaired) electrons. The van der Waals surface area contributed by atoms with Gasteiger partial charge in [0.1, 0.15) is 11.6 Å². The smallest absolute Gasteiger partial charge is 0.141 e. The monoisotopic (exact) mass is 199 g/mol. The number of ether oxygens (including phenoxy) is 1. The van der Waals surface area contributed by atoms with E-state index in [4.69, 9.17) is 4.74 Å². The number of morpholine rings is 1. The SMILES string of the molecule is CC(=O)C(C(C)=O)C1COCC(C)N1. The largest absolute Gasteiger partial charge is 0.378 e. The molecule has 0 bridgehead atoms. The van der Waals surface area contributed by atoms with E-state index in [1.54, 1.807) is 0 Å². The summed E-state index contributed by atoms with van der Waals surface area (Å²) in [5.41, 5.74) is 0. The molecule has 0 aromatic heterocycles. The zero-order valence-corrected chi connectivity index (χ0v) is 8.87. The summed E-state index contributed by atoms with van der Waals surface area (Å²) >= 11 is 0. The Morgan fingerprint density at radius 2 is 1.86 bits per heavy atom. The summed E-state index contributed by atoms with van der Waals surface area (Å²) in [4.78, 5) is 22.5. The number of carbonyl (C=O) groups is 2. The second-order valence-corrected chi connectivity index (χ2v) is 3.91. The highest BCUT2D eigenvalue weighted by Crippen LogP contribution is 2.12. The fraction of sp³-hybridized carbons (Fsp3) is 0.800. The van der Waals surface area contributed by atoms with Crippen molar-refractivity contribution < 1.29 is 14.3 Å². The van der Waals surface area contributed by atoms with Crippen LogP contribution >= 0.6 is 0 Å². The molecule has 4 heteroatoms. The summed E-state index contributed by atoms with van der Waals surface area (Å²) in [6, 6.07) is 0.0451. The fourth-order valence-corrected chi connectivity index (χ4v) is 1.88. The number of hydrogen-bond donors (Lipinski definition) is 1. The van der Waals surface area contributed by atoms with E-state index in [1.165, 1.54) is 13.8 Å². The Kier molecular flexibility index (Phi) is 3.77. The van der Waals surface area contributed by atoms with Gasteiger partial charge < -0.3 is 10.1 Å². The van der Waals surface area contributed by atoms with Crippen molar-refractivity contribution in [2.45, 2.75) is 32.9 Å². The fourth-order valence-electron chi connectivity index (χ4n) is 1.88. The lowest BCUT2D eigenvalue weighted by molar-refractivity contribution is -0.133. The molecule has 1 rings (SSSR count). The highest BCUT2D eigenvalue weighted by Gasteiger charge is 2.32. The Labute approximate surface area is 84.0 Å². The summed E-state index contributed by atoms with van der Waals surface area (Å²) < 4.78 is 5.31. The molecular weight excluding hydrogens is 182 g/mol. The number of Topliss-reactive ketones (excluding diaryl/α,β-unsaturated/α-hetero) is 2. The number of ketones is 2. The first-order chi connectivity index (χ1) is 6.52. The lowest BCUT2D eigenvalue weighted by atomic mass is 9.91. The first-order valence-electron chi connectivity index (χ1n) is 4.87. The first kappa shape index (κ1) is 11.3. The average Bonchev–Trinajstić information content (AvgIpc) is 2.02. The van der Waals surface area contributed by atoms with Crippen LogP contribution in [0.5, 0.6) is 0 Å². The quantitative estimate of drug-likeness (QED) is 0.658. The maximum absolute atomic E-state index is 11.3. The van der Waals surface area contributed by atoms with Crippen LogP contribution in [0.3, 0.4) is 0 Å². The van der Waals surface area contributed by atoms with Gasteiger partial charge in [-0.1, -0.05) is 0 Å². The molecule has 1 N–H and O–H groups in total. The second kappa shape index (κ2) is 4.66. The van der Waals surface area contributed by atoms with Crippen molar-refractivity contribution in [1.82, 2.24) is 5.32 Å². The highest BCUT2D eigenvalue weighted by atomic mass is 16.5. The number of nitrogens with one attached hydrogen (secondary N) is 1. The molecule has 0 spiro atoms. The van der Waals surface area contributed by atoms with Gasteiger partial charge in [0.25, 0.3) is 0 Å². The summed E-state index contributed by atoms with van der Waals surface area (Å²) in [7, 11) is 0. The van der Waals surface area contributed by atoms with Gasteiger partial charge in [-0.2, -0.15) is 0 Å². The van der Waals surface area contributed by atoms with Gasteiger partial charge in [0, 0.05) is 12.1 Å². The van der Waals surface area contributed by atoms with Crippen molar-refractivity contribution in [2.24, 2.45) is 5.92 Å². The van der Waals surface area contributed by atoms with Gasteiger partial charge in [0.2, 0.25) is 0 Å². The van der Waals surface area contributed by atoms with Crippen LogP contribution in [0.2, 0.25) is 0 Å². The summed E-state index contributed by atoms with van der Waals surface area (Å²) in [5, 5.41) is 3.21. The maximum atomic E-state index is 11.3. The maximum Gasteiger partial charge on any atom is 0.141 e. The van der Waals surface area contributed by atoms with Gasteiger partial charge in [0.05, 0.1) is 19.1 Å². The molecule has 1 aliphatic rings. The Morgan fingerprint density at radius 3 is 2.29 bits per heavy atom. The van der Waals surface area contributed by atoms with Crippen LogP contribution < -0.4 is 5.32 Å². The molecule has 80 valence electrons. The summed E-state index contributed by atoms with van der Waals surface area (Å²) in [6.45, 7) is 5.96. The number of carbonyl (C=O) groups excluding carboxylic acids is 2. The molecule has 1 fully saturated rings. The van der Waals surface area contributed by atoms with Gasteiger partial charge in [-0.05, 0) is 20.8 Å². The predicted molar refractivity (Wildman–Crippen MR) is 52.1 cm³/mol. The van der Waals surface area contributed by atoms with E-state index in [9.17, 15) is 9.59 Å². The molecule has 1 heterocycles. The van der Waals surface area contributed by atoms with Crippen LogP contribution in [0.25, 0.3) is 0 Å². The standard InChI is InChI=1S/C10H17NO3/c1-6-4-14-5-9(11-6)10(7(2)12)8(3)13/h6,9-11H,4-5H2,1-3H3. The average molecular weight is 199 g/mol. The Morgan fingerprint density at radius 1 is 1.29 bits per heavy atom. The zero-order valence-electron chi connectivity index (χ0n) is 8.87. The normalized spacial score (nSPS) is 27.7. The second-order valence-electron chi connectivity index (χ2n) is 3.91. The Hall–Kier alpha value is -0.740. The summed E-state index contributed by atoms with van der Waals surface area (Å²) in [6.07, 6.45) is 0. The number of hydrogen-bond acceptors (Lipinski definition) is 4. The van der Waals surface area contributed by atoms with Crippen LogP contribution in [0.15, 0.2) is 0 Å². The van der Waals surface area contributed by atoms with E-state index in [0.29, 0.717) is 13.2 Å². The Balaban J connectivity index is 2.67. The third kappa shape index (κ3) is 2.62. The molecule has 1 aliphatic heterocycles. The van der Waals surface area contributed by atoms with Crippen LogP contribution in [-0.4, -0.2) is 36.9 Å². The first-order valence-corrected chi connectivity index (χ1v) is 4.87. The van der Waals surface area contributed by atoms with E-state index in [2.05, 4.69) is 5.32 Å². The third-order valence-corrected chi connectivity index (χ3v) is 2.44. The van der Waals surface area contributed by atoms with Crippen LogP contribution in [0.1, 0.15) is 20.8 Å². The van der Waals surface area contributed by atoms with Gasteiger partial charge >= 0.3 is 0 Å². The lowest BCUT2D eigenvalue weighted by Crippen LogP contribution is -2.54. The zero-order chi connectivity index (χ0) is 10.7. The minimum Gasteiger partial charge on any atom is -0.378 e. The van der Waals surface area contributed by atoms with Crippen molar-refractivity contribution in [3.8, 4) is 0 Å². The number of rotatable bonds is 3. The van der Waals surface area contributed by atoms with Crippen molar-refractivity contribution in [1.29, 1.82) is 0 Å². The lowest BCUT2D eigenvalue weighted by Gasteiger charge is -2.32. The molecule has 0 aliphatic carbocycles. The van der Waals surface area contributed by atoms with Crippen LogP contribution in [0.4, 0.5) is 0 Å². The molecule has 0 amide bonds.